The number of rotatable bonds is 7. The first-order valence-electron chi connectivity index (χ1n) is 8.01. The molecule has 1 heterocycles. The summed E-state index contributed by atoms with van der Waals surface area (Å²) in [6.45, 7) is 7.49. The Morgan fingerprint density at radius 1 is 1.21 bits per heavy atom. The van der Waals surface area contributed by atoms with Gasteiger partial charge in [-0.2, -0.15) is 5.10 Å². The fraction of sp³-hybridized carbons (Fsp3) is 0.444. The molecule has 0 fully saturated rings. The van der Waals surface area contributed by atoms with Gasteiger partial charge in [0.1, 0.15) is 5.75 Å². The first kappa shape index (κ1) is 18.0. The Morgan fingerprint density at radius 2 is 1.92 bits per heavy atom. The van der Waals surface area contributed by atoms with Gasteiger partial charge in [-0.1, -0.05) is 12.1 Å². The van der Waals surface area contributed by atoms with Crippen molar-refractivity contribution in [2.75, 3.05) is 13.7 Å². The highest BCUT2D eigenvalue weighted by Crippen LogP contribution is 2.14. The van der Waals surface area contributed by atoms with Crippen LogP contribution >= 0.6 is 0 Å². The fourth-order valence-electron chi connectivity index (χ4n) is 2.33. The lowest BCUT2D eigenvalue weighted by Gasteiger charge is -2.20. The van der Waals surface area contributed by atoms with E-state index in [0.717, 1.165) is 18.8 Å². The second-order valence-electron chi connectivity index (χ2n) is 6.98. The number of hydrogen-bond acceptors (Lipinski definition) is 4. The molecule has 0 saturated heterocycles. The number of benzene rings is 1. The number of carbonyl (C=O) groups is 1. The summed E-state index contributed by atoms with van der Waals surface area (Å²) in [6, 6.07) is 9.78. The molecule has 2 rings (SSSR count). The summed E-state index contributed by atoms with van der Waals surface area (Å²) in [5, 5.41) is 9.78. The molecule has 6 nitrogen and oxygen atoms in total. The van der Waals surface area contributed by atoms with Crippen molar-refractivity contribution in [3.05, 3.63) is 47.8 Å². The Hall–Kier alpha value is -2.34. The van der Waals surface area contributed by atoms with Gasteiger partial charge in [-0.25, -0.2) is 0 Å². The molecule has 0 aliphatic rings. The van der Waals surface area contributed by atoms with Gasteiger partial charge in [0, 0.05) is 30.5 Å². The molecular weight excluding hydrogens is 304 g/mol. The van der Waals surface area contributed by atoms with Crippen LogP contribution < -0.4 is 10.1 Å². The van der Waals surface area contributed by atoms with Crippen molar-refractivity contribution >= 4 is 5.91 Å². The molecule has 130 valence electrons. The molecule has 2 aromatic rings. The van der Waals surface area contributed by atoms with Crippen molar-refractivity contribution < 1.29 is 9.53 Å². The molecule has 0 radical (unpaired) electrons. The zero-order valence-corrected chi connectivity index (χ0v) is 14.8. The molecule has 0 unspecified atom stereocenters. The third-order valence-corrected chi connectivity index (χ3v) is 3.26. The van der Waals surface area contributed by atoms with Gasteiger partial charge in [-0.05, 0) is 51.6 Å². The standard InChI is InChI=1S/C18H26N4O2/c1-18(2,3)20-17(23)13-24-16-7-5-14(6-8-16)11-22(4)12-15-9-10-19-21-15/h5-10H,11-13H2,1-4H3,(H,19,21)(H,20,23). The fourth-order valence-corrected chi connectivity index (χ4v) is 2.33. The third kappa shape index (κ3) is 6.42. The topological polar surface area (TPSA) is 70.2 Å². The van der Waals surface area contributed by atoms with Crippen LogP contribution in [-0.2, 0) is 17.9 Å². The SMILES string of the molecule is CN(Cc1ccc(OCC(=O)NC(C)(C)C)cc1)Cc1ccn[nH]1. The highest BCUT2D eigenvalue weighted by atomic mass is 16.5. The van der Waals surface area contributed by atoms with Gasteiger partial charge >= 0.3 is 0 Å². The maximum atomic E-state index is 11.7. The van der Waals surface area contributed by atoms with Crippen LogP contribution in [0.4, 0.5) is 0 Å². The van der Waals surface area contributed by atoms with E-state index in [-0.39, 0.29) is 18.1 Å². The van der Waals surface area contributed by atoms with E-state index in [1.165, 1.54) is 5.56 Å². The second kappa shape index (κ2) is 7.97. The first-order chi connectivity index (χ1) is 11.3. The Morgan fingerprint density at radius 3 is 2.50 bits per heavy atom. The summed E-state index contributed by atoms with van der Waals surface area (Å²) < 4.78 is 5.52. The normalized spacial score (nSPS) is 11.5. The predicted octanol–water partition coefficient (Wildman–Crippen LogP) is 2.34. The third-order valence-electron chi connectivity index (χ3n) is 3.26. The Bertz CT molecular complexity index is 630. The van der Waals surface area contributed by atoms with Crippen LogP contribution in [0.2, 0.25) is 0 Å². The van der Waals surface area contributed by atoms with E-state index in [2.05, 4.69) is 27.5 Å². The van der Waals surface area contributed by atoms with Crippen LogP contribution in [0.15, 0.2) is 36.5 Å². The van der Waals surface area contributed by atoms with E-state index in [4.69, 9.17) is 4.74 Å². The lowest BCUT2D eigenvalue weighted by atomic mass is 10.1. The first-order valence-corrected chi connectivity index (χ1v) is 8.01. The monoisotopic (exact) mass is 330 g/mol. The molecule has 0 spiro atoms. The molecule has 0 bridgehead atoms. The number of hydrogen-bond donors (Lipinski definition) is 2. The molecule has 0 saturated carbocycles. The summed E-state index contributed by atoms with van der Waals surface area (Å²) in [7, 11) is 2.06. The number of nitrogens with one attached hydrogen (secondary N) is 2. The van der Waals surface area contributed by atoms with Crippen molar-refractivity contribution in [1.29, 1.82) is 0 Å². The van der Waals surface area contributed by atoms with Crippen molar-refractivity contribution in [3.63, 3.8) is 0 Å². The maximum Gasteiger partial charge on any atom is 0.258 e. The van der Waals surface area contributed by atoms with E-state index >= 15 is 0 Å². The molecule has 1 aromatic heterocycles. The summed E-state index contributed by atoms with van der Waals surface area (Å²) in [5.41, 5.74) is 2.02. The predicted molar refractivity (Wildman–Crippen MR) is 93.6 cm³/mol. The smallest absolute Gasteiger partial charge is 0.258 e. The van der Waals surface area contributed by atoms with Crippen molar-refractivity contribution in [1.82, 2.24) is 20.4 Å². The number of ether oxygens (including phenoxy) is 1. The van der Waals surface area contributed by atoms with Gasteiger partial charge in [0.15, 0.2) is 6.61 Å². The summed E-state index contributed by atoms with van der Waals surface area (Å²) in [6.07, 6.45) is 1.76. The van der Waals surface area contributed by atoms with E-state index in [0.29, 0.717) is 5.75 Å². The minimum absolute atomic E-state index is 0.0242. The van der Waals surface area contributed by atoms with Gasteiger partial charge in [0.2, 0.25) is 0 Å². The molecular formula is C18H26N4O2. The van der Waals surface area contributed by atoms with Gasteiger partial charge in [-0.15, -0.1) is 0 Å². The van der Waals surface area contributed by atoms with Crippen molar-refractivity contribution in [2.45, 2.75) is 39.4 Å². The van der Waals surface area contributed by atoms with Crippen LogP contribution in [0.5, 0.6) is 5.75 Å². The molecule has 0 aliphatic heterocycles. The number of carbonyl (C=O) groups excluding carboxylic acids is 1. The number of amides is 1. The van der Waals surface area contributed by atoms with Gasteiger partial charge < -0.3 is 10.1 Å². The van der Waals surface area contributed by atoms with Gasteiger partial charge in [0.25, 0.3) is 5.91 Å². The zero-order chi connectivity index (χ0) is 17.6. The van der Waals surface area contributed by atoms with E-state index < -0.39 is 0 Å². The quantitative estimate of drug-likeness (QED) is 0.817. The van der Waals surface area contributed by atoms with E-state index in [1.807, 2.05) is 51.1 Å². The number of H-pyrrole nitrogens is 1. The molecule has 6 heteroatoms. The second-order valence-corrected chi connectivity index (χ2v) is 6.98. The van der Waals surface area contributed by atoms with Crippen LogP contribution in [0.25, 0.3) is 0 Å². The Kier molecular flexibility index (Phi) is 5.98. The van der Waals surface area contributed by atoms with Crippen LogP contribution in [0.1, 0.15) is 32.0 Å². The number of nitrogens with zero attached hydrogens (tertiary/aromatic N) is 2. The highest BCUT2D eigenvalue weighted by molar-refractivity contribution is 5.78. The summed E-state index contributed by atoms with van der Waals surface area (Å²) in [4.78, 5) is 13.9. The molecule has 24 heavy (non-hydrogen) atoms. The van der Waals surface area contributed by atoms with Crippen LogP contribution in [0, 0.1) is 0 Å². The minimum atomic E-state index is -0.246. The van der Waals surface area contributed by atoms with Gasteiger partial charge in [-0.3, -0.25) is 14.8 Å². The summed E-state index contributed by atoms with van der Waals surface area (Å²) >= 11 is 0. The minimum Gasteiger partial charge on any atom is -0.484 e. The lowest BCUT2D eigenvalue weighted by molar-refractivity contribution is -0.124. The molecule has 1 aromatic carbocycles. The number of aromatic nitrogens is 2. The highest BCUT2D eigenvalue weighted by Gasteiger charge is 2.13. The number of aromatic amines is 1. The molecule has 1 amide bonds. The van der Waals surface area contributed by atoms with Crippen LogP contribution in [0.3, 0.4) is 0 Å². The lowest BCUT2D eigenvalue weighted by Crippen LogP contribution is -2.43. The summed E-state index contributed by atoms with van der Waals surface area (Å²) in [5.74, 6) is 0.574. The molecule has 0 aliphatic carbocycles. The Labute approximate surface area is 143 Å². The Balaban J connectivity index is 1.79. The molecule has 0 atom stereocenters. The van der Waals surface area contributed by atoms with Crippen molar-refractivity contribution in [2.24, 2.45) is 0 Å². The maximum absolute atomic E-state index is 11.7. The zero-order valence-electron chi connectivity index (χ0n) is 14.8. The van der Waals surface area contributed by atoms with E-state index in [1.54, 1.807) is 6.20 Å². The van der Waals surface area contributed by atoms with Crippen molar-refractivity contribution in [3.8, 4) is 5.75 Å². The average Bonchev–Trinajstić information content (AvgIpc) is 2.97. The van der Waals surface area contributed by atoms with E-state index in [9.17, 15) is 4.79 Å². The van der Waals surface area contributed by atoms with Crippen LogP contribution in [-0.4, -0.2) is 40.2 Å². The largest absolute Gasteiger partial charge is 0.484 e. The molecule has 2 N–H and O–H groups in total. The average molecular weight is 330 g/mol. The van der Waals surface area contributed by atoms with Gasteiger partial charge in [0.05, 0.1) is 0 Å².